The highest BCUT2D eigenvalue weighted by molar-refractivity contribution is 6.33. The Balaban J connectivity index is 2.12. The molecule has 0 aliphatic heterocycles. The molecule has 0 spiro atoms. The Labute approximate surface area is 117 Å². The number of amides is 1. The Kier molecular flexibility index (Phi) is 3.94. The van der Waals surface area contributed by atoms with Crippen LogP contribution in [0.15, 0.2) is 22.7 Å². The van der Waals surface area contributed by atoms with Gasteiger partial charge in [-0.1, -0.05) is 16.8 Å². The minimum Gasteiger partial charge on any atom is -0.343 e. The second-order valence-electron chi connectivity index (χ2n) is 3.84. The second-order valence-corrected chi connectivity index (χ2v) is 4.25. The normalized spacial score (nSPS) is 10.3. The lowest BCUT2D eigenvalue weighted by Gasteiger charge is -2.04. The van der Waals surface area contributed by atoms with Gasteiger partial charge in [-0.3, -0.25) is 14.9 Å². The van der Waals surface area contributed by atoms with Crippen LogP contribution in [0.3, 0.4) is 0 Å². The minimum absolute atomic E-state index is 0.0112. The van der Waals surface area contributed by atoms with Crippen molar-refractivity contribution in [1.82, 2.24) is 15.5 Å². The van der Waals surface area contributed by atoms with E-state index >= 15 is 0 Å². The zero-order valence-corrected chi connectivity index (χ0v) is 11.0. The Morgan fingerprint density at radius 3 is 2.90 bits per heavy atom. The first-order chi connectivity index (χ1) is 9.47. The van der Waals surface area contributed by atoms with Crippen molar-refractivity contribution in [3.05, 3.63) is 50.6 Å². The fourth-order valence-electron chi connectivity index (χ4n) is 1.46. The van der Waals surface area contributed by atoms with Crippen molar-refractivity contribution in [2.45, 2.75) is 13.5 Å². The molecule has 0 radical (unpaired) electrons. The average Bonchev–Trinajstić information content (AvgIpc) is 2.82. The van der Waals surface area contributed by atoms with E-state index in [9.17, 15) is 14.9 Å². The topological polar surface area (TPSA) is 111 Å². The van der Waals surface area contributed by atoms with Crippen LogP contribution >= 0.6 is 11.6 Å². The second kappa shape index (κ2) is 5.66. The van der Waals surface area contributed by atoms with Crippen LogP contribution < -0.4 is 5.32 Å². The summed E-state index contributed by atoms with van der Waals surface area (Å²) in [7, 11) is 0. The van der Waals surface area contributed by atoms with Gasteiger partial charge in [0.05, 0.1) is 22.1 Å². The van der Waals surface area contributed by atoms with Crippen molar-refractivity contribution >= 4 is 23.2 Å². The number of rotatable bonds is 4. The molecule has 1 heterocycles. The third-order valence-corrected chi connectivity index (χ3v) is 2.70. The summed E-state index contributed by atoms with van der Waals surface area (Å²) in [6, 6.07) is 3.63. The number of carbonyl (C=O) groups excluding carboxylic acids is 1. The molecular weight excluding hydrogens is 288 g/mol. The number of hydrogen-bond acceptors (Lipinski definition) is 6. The zero-order valence-electron chi connectivity index (χ0n) is 10.3. The van der Waals surface area contributed by atoms with E-state index in [0.717, 1.165) is 6.07 Å². The molecule has 0 saturated carbocycles. The maximum atomic E-state index is 11.9. The molecule has 0 aliphatic carbocycles. The number of halogens is 1. The molecular formula is C11H9ClN4O4. The maximum absolute atomic E-state index is 11.9. The van der Waals surface area contributed by atoms with Crippen LogP contribution in [0, 0.1) is 17.0 Å². The molecule has 0 atom stereocenters. The number of carbonyl (C=O) groups is 1. The summed E-state index contributed by atoms with van der Waals surface area (Å²) < 4.78 is 4.83. The van der Waals surface area contributed by atoms with E-state index in [-0.39, 0.29) is 28.7 Å². The summed E-state index contributed by atoms with van der Waals surface area (Å²) in [4.78, 5) is 25.9. The number of aromatic nitrogens is 2. The lowest BCUT2D eigenvalue weighted by molar-refractivity contribution is -0.384. The number of non-ortho nitro benzene ring substituents is 1. The third kappa shape index (κ3) is 3.09. The number of benzene rings is 1. The molecule has 104 valence electrons. The minimum atomic E-state index is -0.603. The first-order valence-corrected chi connectivity index (χ1v) is 5.86. The molecule has 20 heavy (non-hydrogen) atoms. The smallest absolute Gasteiger partial charge is 0.270 e. The van der Waals surface area contributed by atoms with Gasteiger partial charge in [0.15, 0.2) is 5.82 Å². The van der Waals surface area contributed by atoms with Gasteiger partial charge in [0, 0.05) is 12.1 Å². The quantitative estimate of drug-likeness (QED) is 0.681. The van der Waals surface area contributed by atoms with Crippen LogP contribution in [-0.4, -0.2) is 21.0 Å². The molecule has 0 aliphatic rings. The fraction of sp³-hybridized carbons (Fsp3) is 0.182. The Bertz CT molecular complexity index is 670. The Morgan fingerprint density at radius 2 is 2.30 bits per heavy atom. The van der Waals surface area contributed by atoms with E-state index in [1.54, 1.807) is 6.92 Å². The maximum Gasteiger partial charge on any atom is 0.270 e. The summed E-state index contributed by atoms with van der Waals surface area (Å²) >= 11 is 5.85. The van der Waals surface area contributed by atoms with Crippen LogP contribution in [0.1, 0.15) is 22.1 Å². The third-order valence-electron chi connectivity index (χ3n) is 2.38. The van der Waals surface area contributed by atoms with Gasteiger partial charge in [-0.05, 0) is 13.0 Å². The number of nitro benzene ring substituents is 1. The van der Waals surface area contributed by atoms with Crippen molar-refractivity contribution in [1.29, 1.82) is 0 Å². The van der Waals surface area contributed by atoms with E-state index in [1.165, 1.54) is 12.1 Å². The molecule has 2 rings (SSSR count). The highest BCUT2D eigenvalue weighted by Crippen LogP contribution is 2.21. The molecule has 1 aromatic carbocycles. The summed E-state index contributed by atoms with van der Waals surface area (Å²) in [5.74, 6) is 0.120. The van der Waals surface area contributed by atoms with Gasteiger partial charge < -0.3 is 9.84 Å². The predicted molar refractivity (Wildman–Crippen MR) is 68.3 cm³/mol. The number of hydrogen-bond donors (Lipinski definition) is 1. The summed E-state index contributed by atoms with van der Waals surface area (Å²) in [5, 5.41) is 16.8. The molecule has 1 N–H and O–H groups in total. The summed E-state index contributed by atoms with van der Waals surface area (Å²) in [6.45, 7) is 1.66. The molecule has 8 nitrogen and oxygen atoms in total. The summed E-state index contributed by atoms with van der Waals surface area (Å²) in [5.41, 5.74) is -0.203. The number of nitrogens with zero attached hydrogens (tertiary/aromatic N) is 3. The predicted octanol–water partition coefficient (Wildman–Crippen LogP) is 1.87. The van der Waals surface area contributed by atoms with E-state index in [0.29, 0.717) is 5.82 Å². The molecule has 0 fully saturated rings. The van der Waals surface area contributed by atoms with Crippen LogP contribution in [0.4, 0.5) is 5.69 Å². The molecule has 1 aromatic heterocycles. The van der Waals surface area contributed by atoms with E-state index < -0.39 is 10.8 Å². The van der Waals surface area contributed by atoms with Crippen molar-refractivity contribution in [2.75, 3.05) is 0 Å². The van der Waals surface area contributed by atoms with Gasteiger partial charge >= 0.3 is 0 Å². The lowest BCUT2D eigenvalue weighted by atomic mass is 10.2. The van der Waals surface area contributed by atoms with Gasteiger partial charge in [-0.2, -0.15) is 4.98 Å². The molecule has 0 bridgehead atoms. The Morgan fingerprint density at radius 1 is 1.55 bits per heavy atom. The van der Waals surface area contributed by atoms with Crippen LogP contribution in [0.25, 0.3) is 0 Å². The number of nitrogens with one attached hydrogen (secondary N) is 1. The largest absolute Gasteiger partial charge is 0.343 e. The lowest BCUT2D eigenvalue weighted by Crippen LogP contribution is -2.23. The standard InChI is InChI=1S/C11H9ClN4O4/c1-6-14-10(20-15-6)5-13-11(17)8-4-7(16(18)19)2-3-9(8)12/h2-4H,5H2,1H3,(H,13,17). The zero-order chi connectivity index (χ0) is 14.7. The van der Waals surface area contributed by atoms with Crippen molar-refractivity contribution < 1.29 is 14.2 Å². The van der Waals surface area contributed by atoms with Crippen LogP contribution in [0.5, 0.6) is 0 Å². The highest BCUT2D eigenvalue weighted by Gasteiger charge is 2.16. The first kappa shape index (κ1) is 13.9. The van der Waals surface area contributed by atoms with E-state index in [1.807, 2.05) is 0 Å². The van der Waals surface area contributed by atoms with E-state index in [2.05, 4.69) is 15.5 Å². The van der Waals surface area contributed by atoms with Gasteiger partial charge in [0.1, 0.15) is 0 Å². The average molecular weight is 297 g/mol. The van der Waals surface area contributed by atoms with Gasteiger partial charge in [0.25, 0.3) is 11.6 Å². The van der Waals surface area contributed by atoms with Crippen LogP contribution in [0.2, 0.25) is 5.02 Å². The summed E-state index contributed by atoms with van der Waals surface area (Å²) in [6.07, 6.45) is 0. The highest BCUT2D eigenvalue weighted by atomic mass is 35.5. The number of aryl methyl sites for hydroxylation is 1. The SMILES string of the molecule is Cc1noc(CNC(=O)c2cc([N+](=O)[O-])ccc2Cl)n1. The van der Waals surface area contributed by atoms with Gasteiger partial charge in [-0.25, -0.2) is 0 Å². The van der Waals surface area contributed by atoms with Crippen molar-refractivity contribution in [2.24, 2.45) is 0 Å². The van der Waals surface area contributed by atoms with Gasteiger partial charge in [0.2, 0.25) is 5.89 Å². The molecule has 0 unspecified atom stereocenters. The van der Waals surface area contributed by atoms with Crippen molar-refractivity contribution in [3.8, 4) is 0 Å². The first-order valence-electron chi connectivity index (χ1n) is 5.48. The molecule has 1 amide bonds. The Hall–Kier alpha value is -2.48. The van der Waals surface area contributed by atoms with Crippen LogP contribution in [-0.2, 0) is 6.54 Å². The fourth-order valence-corrected chi connectivity index (χ4v) is 1.67. The monoisotopic (exact) mass is 296 g/mol. The number of nitro groups is 1. The van der Waals surface area contributed by atoms with Crippen molar-refractivity contribution in [3.63, 3.8) is 0 Å². The molecule has 2 aromatic rings. The van der Waals surface area contributed by atoms with E-state index in [4.69, 9.17) is 16.1 Å². The van der Waals surface area contributed by atoms with Gasteiger partial charge in [-0.15, -0.1) is 0 Å². The molecule has 0 saturated heterocycles. The molecule has 9 heteroatoms.